The predicted octanol–water partition coefficient (Wildman–Crippen LogP) is 9.03. The van der Waals surface area contributed by atoms with E-state index >= 15 is 0 Å². The van der Waals surface area contributed by atoms with Crippen molar-refractivity contribution in [1.29, 1.82) is 0 Å². The molecule has 3 atom stereocenters. The van der Waals surface area contributed by atoms with E-state index in [0.717, 1.165) is 50.0 Å². The maximum Gasteiger partial charge on any atom is 0.319 e. The average Bonchev–Trinajstić information content (AvgIpc) is 3.61. The predicted molar refractivity (Wildman–Crippen MR) is 203 cm³/mol. The van der Waals surface area contributed by atoms with Crippen LogP contribution in [0.4, 0.5) is 10.5 Å². The lowest BCUT2D eigenvalue weighted by molar-refractivity contribution is -0.245. The number of rotatable bonds is 12. The molecule has 5 aromatic carbocycles. The van der Waals surface area contributed by atoms with Crippen molar-refractivity contribution in [3.8, 4) is 22.6 Å². The summed E-state index contributed by atoms with van der Waals surface area (Å²) in [6.07, 6.45) is 3.61. The molecule has 0 radical (unpaired) electrons. The summed E-state index contributed by atoms with van der Waals surface area (Å²) in [6.45, 7) is 0.355. The number of aromatic nitrogens is 2. The fourth-order valence-corrected chi connectivity index (χ4v) is 6.95. The molecule has 1 aliphatic rings. The number of hydrogen-bond donors (Lipinski definition) is 3. The number of anilines is 1. The SMILES string of the molecule is Cn1ccnc1SC[C@@H]1C[C@H](c2ccc(CO)cc2)O[C@H](c2cccc(-c3cccc(CNC(=O)Nc4ccc(Oc5ccccc5)cc4)c3)c2)O1. The lowest BCUT2D eigenvalue weighted by Crippen LogP contribution is -2.31. The lowest BCUT2D eigenvalue weighted by Gasteiger charge is -2.36. The molecule has 1 fully saturated rings. The zero-order valence-electron chi connectivity index (χ0n) is 28.7. The van der Waals surface area contributed by atoms with Crippen LogP contribution in [0.3, 0.4) is 0 Å². The van der Waals surface area contributed by atoms with Crippen molar-refractivity contribution in [2.45, 2.75) is 43.2 Å². The van der Waals surface area contributed by atoms with Crippen molar-refractivity contribution in [2.75, 3.05) is 11.1 Å². The van der Waals surface area contributed by atoms with Gasteiger partial charge in [-0.15, -0.1) is 0 Å². The van der Waals surface area contributed by atoms with E-state index in [1.807, 2.05) is 121 Å². The lowest BCUT2D eigenvalue weighted by atomic mass is 9.99. The number of imidazole rings is 1. The van der Waals surface area contributed by atoms with Crippen molar-refractivity contribution in [2.24, 2.45) is 7.05 Å². The standard InChI is InChI=1S/C42H40N4O5S/c1-46-22-21-43-42(46)52-28-38-25-39(31-15-13-29(27-47)14-16-31)51-40(50-38)34-10-6-9-33(24-34)32-8-5-7-30(23-32)26-44-41(48)45-35-17-19-37(20-18-35)49-36-11-3-2-4-12-36/h2-24,38-40,47H,25-28H2,1H3,(H2,44,45,48)/t38-,39+,40+/m0/s1. The van der Waals surface area contributed by atoms with Gasteiger partial charge in [0, 0.05) is 49.4 Å². The van der Waals surface area contributed by atoms with Gasteiger partial charge in [-0.05, 0) is 76.3 Å². The molecular formula is C42H40N4O5S. The summed E-state index contributed by atoms with van der Waals surface area (Å²) in [5.41, 5.74) is 6.49. The van der Waals surface area contributed by atoms with E-state index in [9.17, 15) is 9.90 Å². The topological polar surface area (TPSA) is 107 Å². The molecule has 2 amide bonds. The van der Waals surface area contributed by atoms with E-state index in [1.54, 1.807) is 18.0 Å². The van der Waals surface area contributed by atoms with Gasteiger partial charge in [-0.25, -0.2) is 9.78 Å². The highest BCUT2D eigenvalue weighted by Gasteiger charge is 2.32. The molecule has 2 heterocycles. The minimum absolute atomic E-state index is 0.00178. The summed E-state index contributed by atoms with van der Waals surface area (Å²) < 4.78 is 21.0. The van der Waals surface area contributed by atoms with Crippen LogP contribution >= 0.6 is 11.8 Å². The molecule has 52 heavy (non-hydrogen) atoms. The molecule has 0 unspecified atom stereocenters. The van der Waals surface area contributed by atoms with Crippen LogP contribution in [-0.4, -0.2) is 32.5 Å². The Morgan fingerprint density at radius 2 is 1.60 bits per heavy atom. The first-order valence-corrected chi connectivity index (χ1v) is 18.2. The minimum Gasteiger partial charge on any atom is -0.457 e. The number of amides is 2. The van der Waals surface area contributed by atoms with E-state index in [4.69, 9.17) is 14.2 Å². The summed E-state index contributed by atoms with van der Waals surface area (Å²) in [7, 11) is 1.99. The normalized spacial score (nSPS) is 17.0. The van der Waals surface area contributed by atoms with Gasteiger partial charge in [-0.1, -0.05) is 90.6 Å². The zero-order valence-corrected chi connectivity index (χ0v) is 29.5. The van der Waals surface area contributed by atoms with Gasteiger partial charge in [0.25, 0.3) is 0 Å². The Balaban J connectivity index is 1.00. The number of nitrogens with one attached hydrogen (secondary N) is 2. The van der Waals surface area contributed by atoms with Crippen molar-refractivity contribution < 1.29 is 24.1 Å². The number of thioether (sulfide) groups is 1. The van der Waals surface area contributed by atoms with Crippen LogP contribution in [0, 0.1) is 0 Å². The average molecular weight is 713 g/mol. The van der Waals surface area contributed by atoms with Crippen LogP contribution in [0.5, 0.6) is 11.5 Å². The van der Waals surface area contributed by atoms with Crippen LogP contribution in [0.15, 0.2) is 145 Å². The monoisotopic (exact) mass is 712 g/mol. The highest BCUT2D eigenvalue weighted by atomic mass is 32.2. The number of aliphatic hydroxyl groups is 1. The molecule has 1 aromatic heterocycles. The Hall–Kier alpha value is -5.39. The molecule has 0 bridgehead atoms. The molecule has 1 aliphatic heterocycles. The third-order valence-corrected chi connectivity index (χ3v) is 9.94. The first kappa shape index (κ1) is 35.0. The van der Waals surface area contributed by atoms with Crippen LogP contribution < -0.4 is 15.4 Å². The van der Waals surface area contributed by atoms with Gasteiger partial charge in [0.1, 0.15) is 11.5 Å². The van der Waals surface area contributed by atoms with E-state index < -0.39 is 6.29 Å². The van der Waals surface area contributed by atoms with Gasteiger partial charge in [0.2, 0.25) is 0 Å². The Labute approximate surface area is 307 Å². The Kier molecular flexibility index (Phi) is 11.3. The molecule has 10 heteroatoms. The van der Waals surface area contributed by atoms with Crippen molar-refractivity contribution >= 4 is 23.5 Å². The fraction of sp³-hybridized carbons (Fsp3) is 0.190. The second-order valence-corrected chi connectivity index (χ2v) is 13.5. The molecule has 3 N–H and O–H groups in total. The van der Waals surface area contributed by atoms with Crippen LogP contribution in [0.2, 0.25) is 0 Å². The molecule has 0 aliphatic carbocycles. The summed E-state index contributed by atoms with van der Waals surface area (Å²) in [5, 5.41) is 16.3. The first-order valence-electron chi connectivity index (χ1n) is 17.2. The van der Waals surface area contributed by atoms with Crippen molar-refractivity contribution in [3.05, 3.63) is 162 Å². The smallest absolute Gasteiger partial charge is 0.319 e. The highest BCUT2D eigenvalue weighted by molar-refractivity contribution is 7.99. The quantitative estimate of drug-likeness (QED) is 0.109. The molecular weight excluding hydrogens is 673 g/mol. The number of hydrogen-bond acceptors (Lipinski definition) is 7. The van der Waals surface area contributed by atoms with Crippen LogP contribution in [0.1, 0.15) is 41.1 Å². The molecule has 0 saturated carbocycles. The minimum atomic E-state index is -0.573. The van der Waals surface area contributed by atoms with Gasteiger partial charge in [-0.3, -0.25) is 0 Å². The number of urea groups is 1. The Bertz CT molecular complexity index is 2070. The van der Waals surface area contributed by atoms with Gasteiger partial charge >= 0.3 is 6.03 Å². The van der Waals surface area contributed by atoms with E-state index in [0.29, 0.717) is 24.4 Å². The third kappa shape index (κ3) is 9.09. The van der Waals surface area contributed by atoms with Crippen molar-refractivity contribution in [3.63, 3.8) is 0 Å². The molecule has 1 saturated heterocycles. The van der Waals surface area contributed by atoms with Gasteiger partial charge in [-0.2, -0.15) is 0 Å². The number of carbonyl (C=O) groups excluding carboxylic acids is 1. The summed E-state index contributed by atoms with van der Waals surface area (Å²) in [5.74, 6) is 2.17. The number of nitrogens with zero attached hydrogens (tertiary/aromatic N) is 2. The Morgan fingerprint density at radius 3 is 2.35 bits per heavy atom. The highest BCUT2D eigenvalue weighted by Crippen LogP contribution is 2.40. The first-order chi connectivity index (χ1) is 25.5. The number of carbonyl (C=O) groups is 1. The molecule has 264 valence electrons. The number of aliphatic hydroxyl groups excluding tert-OH is 1. The van der Waals surface area contributed by atoms with Gasteiger partial charge in [0.15, 0.2) is 11.4 Å². The number of benzene rings is 5. The van der Waals surface area contributed by atoms with Crippen molar-refractivity contribution in [1.82, 2.24) is 14.9 Å². The van der Waals surface area contributed by atoms with Gasteiger partial charge < -0.3 is 34.5 Å². The molecule has 9 nitrogen and oxygen atoms in total. The van der Waals surface area contributed by atoms with E-state index in [-0.39, 0.29) is 24.8 Å². The summed E-state index contributed by atoms with van der Waals surface area (Å²) in [4.78, 5) is 17.2. The second-order valence-electron chi connectivity index (χ2n) is 12.6. The molecule has 7 rings (SSSR count). The maximum absolute atomic E-state index is 12.8. The van der Waals surface area contributed by atoms with Crippen LogP contribution in [-0.2, 0) is 29.7 Å². The Morgan fingerprint density at radius 1 is 0.846 bits per heavy atom. The fourth-order valence-electron chi connectivity index (χ4n) is 6.00. The zero-order chi connectivity index (χ0) is 35.7. The third-order valence-electron chi connectivity index (χ3n) is 8.75. The largest absolute Gasteiger partial charge is 0.457 e. The summed E-state index contributed by atoms with van der Waals surface area (Å²) in [6, 6.07) is 40.8. The molecule has 6 aromatic rings. The van der Waals surface area contributed by atoms with E-state index in [1.165, 1.54) is 0 Å². The maximum atomic E-state index is 12.8. The molecule has 0 spiro atoms. The van der Waals surface area contributed by atoms with Gasteiger partial charge in [0.05, 0.1) is 18.8 Å². The number of para-hydroxylation sites is 1. The summed E-state index contributed by atoms with van der Waals surface area (Å²) >= 11 is 1.67. The van der Waals surface area contributed by atoms with E-state index in [2.05, 4.69) is 39.9 Å². The number of aryl methyl sites for hydroxylation is 1. The van der Waals surface area contributed by atoms with Crippen LogP contribution in [0.25, 0.3) is 11.1 Å². The second kappa shape index (κ2) is 16.8. The number of ether oxygens (including phenoxy) is 3.